The molecule has 0 radical (unpaired) electrons. The van der Waals surface area contributed by atoms with Gasteiger partial charge < -0.3 is 24.5 Å². The van der Waals surface area contributed by atoms with Crippen molar-refractivity contribution in [1.29, 1.82) is 0 Å². The molecule has 8 nitrogen and oxygen atoms in total. The summed E-state index contributed by atoms with van der Waals surface area (Å²) in [5.41, 5.74) is 7.69. The summed E-state index contributed by atoms with van der Waals surface area (Å²) < 4.78 is 18.9. The number of ether oxygens (including phenoxy) is 3. The highest BCUT2D eigenvalue weighted by atomic mass is 35.5. The first-order valence-electron chi connectivity index (χ1n) is 7.78. The zero-order chi connectivity index (χ0) is 17.2. The van der Waals surface area contributed by atoms with Gasteiger partial charge in [0.15, 0.2) is 23.4 Å². The van der Waals surface area contributed by atoms with E-state index in [2.05, 4.69) is 15.0 Å². The Morgan fingerprint density at radius 3 is 2.96 bits per heavy atom. The summed E-state index contributed by atoms with van der Waals surface area (Å²) in [7, 11) is 0. The molecule has 0 bridgehead atoms. The van der Waals surface area contributed by atoms with Gasteiger partial charge in [-0.1, -0.05) is 41.9 Å². The predicted octanol–water partition coefficient (Wildman–Crippen LogP) is 2.15. The van der Waals surface area contributed by atoms with Crippen LogP contribution in [0.25, 0.3) is 11.2 Å². The number of nitrogens with two attached hydrogens (primary N) is 1. The van der Waals surface area contributed by atoms with E-state index in [4.69, 9.17) is 31.5 Å². The Labute approximate surface area is 148 Å². The van der Waals surface area contributed by atoms with Gasteiger partial charge in [0.1, 0.15) is 12.1 Å². The van der Waals surface area contributed by atoms with Crippen LogP contribution in [0, 0.1) is 0 Å². The lowest BCUT2D eigenvalue weighted by Gasteiger charge is -2.12. The lowest BCUT2D eigenvalue weighted by atomic mass is 10.2. The Morgan fingerprint density at radius 1 is 1.28 bits per heavy atom. The number of nitrogen functional groups attached to an aromatic ring is 1. The van der Waals surface area contributed by atoms with Gasteiger partial charge in [0.05, 0.1) is 12.9 Å². The number of anilines is 1. The van der Waals surface area contributed by atoms with Crippen LogP contribution in [0.2, 0.25) is 5.15 Å². The zero-order valence-corrected chi connectivity index (χ0v) is 14.0. The lowest BCUT2D eigenvalue weighted by molar-refractivity contribution is -0.146. The summed E-state index contributed by atoms with van der Waals surface area (Å²) in [6.45, 7) is 1.31. The number of aromatic nitrogens is 4. The molecule has 3 heterocycles. The molecule has 2 atom stereocenters. The number of hydrogen-bond acceptors (Lipinski definition) is 7. The van der Waals surface area contributed by atoms with Crippen molar-refractivity contribution in [1.82, 2.24) is 19.5 Å². The number of rotatable bonds is 5. The van der Waals surface area contributed by atoms with Crippen LogP contribution in [0.5, 0.6) is 0 Å². The third-order valence-corrected chi connectivity index (χ3v) is 4.07. The smallest absolute Gasteiger partial charge is 0.223 e. The van der Waals surface area contributed by atoms with Crippen LogP contribution in [-0.4, -0.2) is 39.0 Å². The number of benzene rings is 1. The van der Waals surface area contributed by atoms with Crippen molar-refractivity contribution in [2.45, 2.75) is 19.1 Å². The molecule has 9 heteroatoms. The average Bonchev–Trinajstić information content (AvgIpc) is 3.24. The van der Waals surface area contributed by atoms with Crippen molar-refractivity contribution < 1.29 is 14.2 Å². The van der Waals surface area contributed by atoms with Gasteiger partial charge in [0.25, 0.3) is 0 Å². The highest BCUT2D eigenvalue weighted by molar-refractivity contribution is 6.33. The van der Waals surface area contributed by atoms with Crippen LogP contribution >= 0.6 is 11.6 Å². The normalized spacial score (nSPS) is 20.4. The minimum Gasteiger partial charge on any atom is -0.368 e. The summed E-state index contributed by atoms with van der Waals surface area (Å²) in [5.74, 6) is 0.110. The summed E-state index contributed by atoms with van der Waals surface area (Å²) in [5, 5.41) is 0.236. The Kier molecular flexibility index (Phi) is 4.50. The minimum atomic E-state index is -0.414. The van der Waals surface area contributed by atoms with E-state index in [9.17, 15) is 0 Å². The Morgan fingerprint density at radius 2 is 2.12 bits per heavy atom. The Balaban J connectivity index is 1.34. The quantitative estimate of drug-likeness (QED) is 0.695. The molecule has 2 aromatic heterocycles. The SMILES string of the molecule is Nc1nc(Cl)c2ncn(CCOC3COC(c4ccccc4)O3)c2n1. The molecule has 1 aliphatic heterocycles. The summed E-state index contributed by atoms with van der Waals surface area (Å²) in [6.07, 6.45) is 0.821. The van der Waals surface area contributed by atoms with E-state index >= 15 is 0 Å². The molecule has 0 aliphatic carbocycles. The molecule has 1 saturated heterocycles. The van der Waals surface area contributed by atoms with Crippen molar-refractivity contribution in [3.05, 3.63) is 47.4 Å². The first kappa shape index (κ1) is 16.2. The van der Waals surface area contributed by atoms with Crippen LogP contribution in [0.3, 0.4) is 0 Å². The maximum atomic E-state index is 6.01. The summed E-state index contributed by atoms with van der Waals surface area (Å²) in [6, 6.07) is 9.75. The van der Waals surface area contributed by atoms with Crippen molar-refractivity contribution >= 4 is 28.7 Å². The van der Waals surface area contributed by atoms with Crippen molar-refractivity contribution in [2.75, 3.05) is 18.9 Å². The molecule has 0 amide bonds. The fraction of sp³-hybridized carbons (Fsp3) is 0.312. The van der Waals surface area contributed by atoms with E-state index in [0.29, 0.717) is 30.9 Å². The standard InChI is InChI=1S/C16H16ClN5O3/c17-13-12-14(21-16(18)20-13)22(9-19-12)6-7-23-11-8-24-15(25-11)10-4-2-1-3-5-10/h1-5,9,11,15H,6-8H2,(H2,18,20,21). The first-order valence-corrected chi connectivity index (χ1v) is 8.16. The molecule has 3 aromatic rings. The fourth-order valence-corrected chi connectivity index (χ4v) is 2.85. The number of fused-ring (bicyclic) bond motifs is 1. The van der Waals surface area contributed by atoms with E-state index in [1.54, 1.807) is 6.33 Å². The monoisotopic (exact) mass is 361 g/mol. The van der Waals surface area contributed by atoms with Gasteiger partial charge in [0.2, 0.25) is 5.95 Å². The zero-order valence-electron chi connectivity index (χ0n) is 13.2. The predicted molar refractivity (Wildman–Crippen MR) is 90.7 cm³/mol. The molecule has 2 N–H and O–H groups in total. The molecular formula is C16H16ClN5O3. The lowest BCUT2D eigenvalue weighted by Crippen LogP contribution is -2.18. The third-order valence-electron chi connectivity index (χ3n) is 3.81. The second-order valence-electron chi connectivity index (χ2n) is 5.50. The summed E-state index contributed by atoms with van der Waals surface area (Å²) in [4.78, 5) is 12.3. The number of nitrogens with zero attached hydrogens (tertiary/aromatic N) is 4. The molecule has 0 spiro atoms. The van der Waals surface area contributed by atoms with Gasteiger partial charge in [-0.3, -0.25) is 0 Å². The molecule has 1 aromatic carbocycles. The maximum Gasteiger partial charge on any atom is 0.223 e. The second kappa shape index (κ2) is 6.93. The van der Waals surface area contributed by atoms with Gasteiger partial charge in [-0.15, -0.1) is 0 Å². The van der Waals surface area contributed by atoms with E-state index in [1.165, 1.54) is 0 Å². The van der Waals surface area contributed by atoms with Gasteiger partial charge in [0, 0.05) is 12.1 Å². The van der Waals surface area contributed by atoms with Crippen LogP contribution < -0.4 is 5.73 Å². The molecule has 0 saturated carbocycles. The van der Waals surface area contributed by atoms with Crippen molar-refractivity contribution in [3.8, 4) is 0 Å². The fourth-order valence-electron chi connectivity index (χ4n) is 2.63. The topological polar surface area (TPSA) is 97.3 Å². The van der Waals surface area contributed by atoms with Gasteiger partial charge in [-0.05, 0) is 0 Å². The van der Waals surface area contributed by atoms with E-state index < -0.39 is 12.6 Å². The molecule has 1 aliphatic rings. The van der Waals surface area contributed by atoms with Crippen LogP contribution in [0.1, 0.15) is 11.9 Å². The molecule has 25 heavy (non-hydrogen) atoms. The summed E-state index contributed by atoms with van der Waals surface area (Å²) >= 11 is 6.01. The maximum absolute atomic E-state index is 6.01. The number of hydrogen-bond donors (Lipinski definition) is 1. The van der Waals surface area contributed by atoms with Gasteiger partial charge >= 0.3 is 0 Å². The van der Waals surface area contributed by atoms with Crippen molar-refractivity contribution in [2.24, 2.45) is 0 Å². The molecule has 130 valence electrons. The first-order chi connectivity index (χ1) is 12.2. The number of imidazole rings is 1. The van der Waals surface area contributed by atoms with Crippen LogP contribution in [0.15, 0.2) is 36.7 Å². The molecule has 4 rings (SSSR count). The minimum absolute atomic E-state index is 0.110. The third kappa shape index (κ3) is 3.42. The average molecular weight is 362 g/mol. The van der Waals surface area contributed by atoms with Crippen LogP contribution in [-0.2, 0) is 20.8 Å². The molecule has 1 fully saturated rings. The van der Waals surface area contributed by atoms with Crippen LogP contribution in [0.4, 0.5) is 5.95 Å². The van der Waals surface area contributed by atoms with Crippen molar-refractivity contribution in [3.63, 3.8) is 0 Å². The van der Waals surface area contributed by atoms with E-state index in [-0.39, 0.29) is 11.1 Å². The molecular weight excluding hydrogens is 346 g/mol. The Hall–Kier alpha value is -2.26. The highest BCUT2D eigenvalue weighted by Crippen LogP contribution is 2.27. The second-order valence-corrected chi connectivity index (χ2v) is 5.85. The van der Waals surface area contributed by atoms with Gasteiger partial charge in [-0.2, -0.15) is 9.97 Å². The van der Waals surface area contributed by atoms with E-state index in [0.717, 1.165) is 5.56 Å². The van der Waals surface area contributed by atoms with E-state index in [1.807, 2.05) is 34.9 Å². The molecule has 2 unspecified atom stereocenters. The largest absolute Gasteiger partial charge is 0.368 e. The highest BCUT2D eigenvalue weighted by Gasteiger charge is 2.27. The Bertz CT molecular complexity index is 873. The van der Waals surface area contributed by atoms with Gasteiger partial charge in [-0.25, -0.2) is 4.98 Å². The number of halogens is 1.